The predicted molar refractivity (Wildman–Crippen MR) is 131 cm³/mol. The molecule has 2 amide bonds. The van der Waals surface area contributed by atoms with Crippen LogP contribution in [0.25, 0.3) is 0 Å². The second kappa shape index (κ2) is 15.9. The van der Waals surface area contributed by atoms with E-state index in [0.29, 0.717) is 24.6 Å². The van der Waals surface area contributed by atoms with E-state index in [4.69, 9.17) is 10.5 Å². The van der Waals surface area contributed by atoms with Gasteiger partial charge >= 0.3 is 0 Å². The van der Waals surface area contributed by atoms with Crippen molar-refractivity contribution in [1.82, 2.24) is 16.0 Å². The molecule has 0 fully saturated rings. The number of primary amides is 1. The summed E-state index contributed by atoms with van der Waals surface area (Å²) >= 11 is 0. The summed E-state index contributed by atoms with van der Waals surface area (Å²) in [6.45, 7) is 10.9. The topological polar surface area (TPSA) is 118 Å². The minimum atomic E-state index is -0.575. The zero-order valence-corrected chi connectivity index (χ0v) is 20.7. The minimum Gasteiger partial charge on any atom is -0.378 e. The zero-order chi connectivity index (χ0) is 21.6. The maximum atomic E-state index is 11.9. The van der Waals surface area contributed by atoms with Gasteiger partial charge in [-0.1, -0.05) is 26.0 Å². The van der Waals surface area contributed by atoms with Crippen LogP contribution in [0.15, 0.2) is 29.3 Å². The highest BCUT2D eigenvalue weighted by atomic mass is 127. The Bertz CT molecular complexity index is 665. The quantitative estimate of drug-likeness (QED) is 0.186. The average Bonchev–Trinajstić information content (AvgIpc) is 2.69. The average molecular weight is 533 g/mol. The molecule has 5 N–H and O–H groups in total. The molecule has 0 saturated carbocycles. The summed E-state index contributed by atoms with van der Waals surface area (Å²) < 4.78 is 5.78. The van der Waals surface area contributed by atoms with E-state index < -0.39 is 5.91 Å². The summed E-state index contributed by atoms with van der Waals surface area (Å²) in [6, 6.07) is 7.10. The van der Waals surface area contributed by atoms with Crippen LogP contribution in [0.1, 0.15) is 50.0 Å². The Morgan fingerprint density at radius 3 is 2.30 bits per heavy atom. The third-order valence-electron chi connectivity index (χ3n) is 4.25. The summed E-state index contributed by atoms with van der Waals surface area (Å²) in [5.74, 6) is 0.307. The normalized spacial score (nSPS) is 12.1. The number of ether oxygens (including phenoxy) is 1. The molecule has 0 aliphatic carbocycles. The lowest BCUT2D eigenvalue weighted by molar-refractivity contribution is -0.117. The van der Waals surface area contributed by atoms with Gasteiger partial charge in [-0.25, -0.2) is 4.99 Å². The summed E-state index contributed by atoms with van der Waals surface area (Å²) in [4.78, 5) is 27.2. The van der Waals surface area contributed by atoms with E-state index in [9.17, 15) is 9.59 Å². The lowest BCUT2D eigenvalue weighted by Crippen LogP contribution is -2.39. The molecule has 0 radical (unpaired) electrons. The molecule has 0 spiro atoms. The van der Waals surface area contributed by atoms with Crippen molar-refractivity contribution in [2.24, 2.45) is 16.6 Å². The third kappa shape index (κ3) is 11.3. The summed E-state index contributed by atoms with van der Waals surface area (Å²) in [5.41, 5.74) is 6.48. The van der Waals surface area contributed by atoms with Crippen LogP contribution >= 0.6 is 24.0 Å². The standard InChI is InChI=1S/C21H35N5O3.HI/c1-5-23-21(24-12-11-18(15(3)4)29-6-2)26-13-16-7-9-17(10-8-16)20(28)25-14-19(22)27;/h7-10,15,18H,5-6,11-14H2,1-4H3,(H2,22,27)(H,25,28)(H2,23,24,26);1H. The number of nitrogens with two attached hydrogens (primary N) is 1. The van der Waals surface area contributed by atoms with Crippen molar-refractivity contribution >= 4 is 41.8 Å². The van der Waals surface area contributed by atoms with Gasteiger partial charge in [0.05, 0.1) is 19.2 Å². The van der Waals surface area contributed by atoms with E-state index in [1.54, 1.807) is 12.1 Å². The molecule has 30 heavy (non-hydrogen) atoms. The molecule has 8 nitrogen and oxygen atoms in total. The Hall–Kier alpha value is -1.88. The van der Waals surface area contributed by atoms with Crippen LogP contribution in [0.4, 0.5) is 0 Å². The molecular formula is C21H36IN5O3. The molecule has 1 rings (SSSR count). The van der Waals surface area contributed by atoms with Gasteiger partial charge in [-0.05, 0) is 43.9 Å². The fraction of sp³-hybridized carbons (Fsp3) is 0.571. The van der Waals surface area contributed by atoms with Crippen molar-refractivity contribution in [1.29, 1.82) is 0 Å². The number of amides is 2. The van der Waals surface area contributed by atoms with Crippen molar-refractivity contribution in [2.45, 2.75) is 46.8 Å². The van der Waals surface area contributed by atoms with Crippen molar-refractivity contribution in [2.75, 3.05) is 26.2 Å². The van der Waals surface area contributed by atoms with Crippen LogP contribution in [-0.4, -0.2) is 50.1 Å². The number of hydrogen-bond acceptors (Lipinski definition) is 4. The smallest absolute Gasteiger partial charge is 0.251 e. The van der Waals surface area contributed by atoms with E-state index in [2.05, 4.69) is 34.8 Å². The third-order valence-corrected chi connectivity index (χ3v) is 4.25. The first kappa shape index (κ1) is 28.1. The Balaban J connectivity index is 0.00000841. The fourth-order valence-electron chi connectivity index (χ4n) is 2.70. The lowest BCUT2D eigenvalue weighted by Gasteiger charge is -2.21. The first-order valence-electron chi connectivity index (χ1n) is 10.2. The number of halogens is 1. The van der Waals surface area contributed by atoms with Gasteiger partial charge in [0.2, 0.25) is 5.91 Å². The molecule has 0 heterocycles. The molecular weight excluding hydrogens is 497 g/mol. The molecule has 1 aromatic rings. The molecule has 0 bridgehead atoms. The van der Waals surface area contributed by atoms with E-state index in [-0.39, 0.29) is 42.5 Å². The summed E-state index contributed by atoms with van der Waals surface area (Å²) in [7, 11) is 0. The van der Waals surface area contributed by atoms with E-state index in [1.807, 2.05) is 26.0 Å². The maximum Gasteiger partial charge on any atom is 0.251 e. The van der Waals surface area contributed by atoms with Crippen molar-refractivity contribution in [3.05, 3.63) is 35.4 Å². The van der Waals surface area contributed by atoms with Gasteiger partial charge in [0.25, 0.3) is 5.91 Å². The SMILES string of the molecule is CCNC(=NCc1ccc(C(=O)NCC(N)=O)cc1)NCCC(OCC)C(C)C.I. The number of nitrogens with one attached hydrogen (secondary N) is 3. The first-order chi connectivity index (χ1) is 13.9. The Labute approximate surface area is 196 Å². The Morgan fingerprint density at radius 1 is 1.10 bits per heavy atom. The van der Waals surface area contributed by atoms with Gasteiger partial charge < -0.3 is 26.4 Å². The highest BCUT2D eigenvalue weighted by Crippen LogP contribution is 2.10. The maximum absolute atomic E-state index is 11.9. The summed E-state index contributed by atoms with van der Waals surface area (Å²) in [5, 5.41) is 9.04. The second-order valence-corrected chi connectivity index (χ2v) is 6.99. The van der Waals surface area contributed by atoms with E-state index in [1.165, 1.54) is 0 Å². The van der Waals surface area contributed by atoms with Crippen LogP contribution in [-0.2, 0) is 16.1 Å². The number of benzene rings is 1. The van der Waals surface area contributed by atoms with Crippen LogP contribution in [0.3, 0.4) is 0 Å². The Morgan fingerprint density at radius 2 is 1.77 bits per heavy atom. The minimum absolute atomic E-state index is 0. The number of nitrogens with zero attached hydrogens (tertiary/aromatic N) is 1. The molecule has 1 aromatic carbocycles. The highest BCUT2D eigenvalue weighted by Gasteiger charge is 2.13. The molecule has 0 aromatic heterocycles. The van der Waals surface area contributed by atoms with Crippen LogP contribution in [0.5, 0.6) is 0 Å². The van der Waals surface area contributed by atoms with Crippen LogP contribution in [0, 0.1) is 5.92 Å². The lowest BCUT2D eigenvalue weighted by atomic mass is 10.0. The predicted octanol–water partition coefficient (Wildman–Crippen LogP) is 2.03. The first-order valence-corrected chi connectivity index (χ1v) is 10.2. The summed E-state index contributed by atoms with van der Waals surface area (Å²) in [6.07, 6.45) is 1.13. The van der Waals surface area contributed by atoms with Gasteiger partial charge in [0, 0.05) is 25.3 Å². The molecule has 1 unspecified atom stereocenters. The second-order valence-electron chi connectivity index (χ2n) is 6.99. The number of hydrogen-bond donors (Lipinski definition) is 4. The van der Waals surface area contributed by atoms with Crippen molar-refractivity contribution in [3.8, 4) is 0 Å². The molecule has 170 valence electrons. The number of rotatable bonds is 12. The van der Waals surface area contributed by atoms with Crippen LogP contribution in [0.2, 0.25) is 0 Å². The highest BCUT2D eigenvalue weighted by molar-refractivity contribution is 14.0. The van der Waals surface area contributed by atoms with Crippen LogP contribution < -0.4 is 21.7 Å². The van der Waals surface area contributed by atoms with E-state index >= 15 is 0 Å². The van der Waals surface area contributed by atoms with Crippen molar-refractivity contribution in [3.63, 3.8) is 0 Å². The van der Waals surface area contributed by atoms with E-state index in [0.717, 1.165) is 31.0 Å². The van der Waals surface area contributed by atoms with Gasteiger partial charge in [-0.2, -0.15) is 0 Å². The van der Waals surface area contributed by atoms with Gasteiger partial charge in [-0.15, -0.1) is 24.0 Å². The Kier molecular flexibility index (Phi) is 14.9. The van der Waals surface area contributed by atoms with Gasteiger partial charge in [0.15, 0.2) is 5.96 Å². The number of aliphatic imine (C=N–C) groups is 1. The largest absolute Gasteiger partial charge is 0.378 e. The number of carbonyl (C=O) groups excluding carboxylic acids is 2. The fourth-order valence-corrected chi connectivity index (χ4v) is 2.70. The molecule has 0 aliphatic heterocycles. The molecule has 0 saturated heterocycles. The zero-order valence-electron chi connectivity index (χ0n) is 18.4. The molecule has 9 heteroatoms. The molecule has 1 atom stereocenters. The van der Waals surface area contributed by atoms with Gasteiger partial charge in [0.1, 0.15) is 0 Å². The molecule has 0 aliphatic rings. The number of guanidine groups is 1. The monoisotopic (exact) mass is 533 g/mol. The van der Waals surface area contributed by atoms with Gasteiger partial charge in [-0.3, -0.25) is 9.59 Å². The van der Waals surface area contributed by atoms with Crippen molar-refractivity contribution < 1.29 is 14.3 Å². The number of carbonyl (C=O) groups is 2.